The summed E-state index contributed by atoms with van der Waals surface area (Å²) in [5.41, 5.74) is 0. The smallest absolute Gasteiger partial charge is 0.137 e. The van der Waals surface area contributed by atoms with E-state index in [0.717, 1.165) is 6.61 Å². The standard InChI is InChI=1S/C8H17N3OSi/c1-5-12-8(13(2,3)4)11-7-9-6-10-11/h6-8H,5H2,1-4H3. The van der Waals surface area contributed by atoms with E-state index in [0.29, 0.717) is 0 Å². The Kier molecular flexibility index (Phi) is 3.21. The summed E-state index contributed by atoms with van der Waals surface area (Å²) in [7, 11) is -1.37. The molecule has 0 amide bonds. The molecule has 4 nitrogen and oxygen atoms in total. The number of hydrogen-bond donors (Lipinski definition) is 0. The van der Waals surface area contributed by atoms with Crippen molar-refractivity contribution in [1.82, 2.24) is 14.8 Å². The Morgan fingerprint density at radius 1 is 1.46 bits per heavy atom. The van der Waals surface area contributed by atoms with Crippen molar-refractivity contribution in [3.05, 3.63) is 12.7 Å². The predicted molar refractivity (Wildman–Crippen MR) is 54.0 cm³/mol. The maximum atomic E-state index is 5.67. The van der Waals surface area contributed by atoms with Crippen LogP contribution in [0.15, 0.2) is 12.7 Å². The topological polar surface area (TPSA) is 39.9 Å². The molecule has 5 heteroatoms. The SMILES string of the molecule is CCOC(n1cncn1)[Si](C)(C)C. The Morgan fingerprint density at radius 3 is 2.54 bits per heavy atom. The second kappa shape index (κ2) is 4.02. The molecule has 0 aliphatic heterocycles. The van der Waals surface area contributed by atoms with Crippen LogP contribution in [0.3, 0.4) is 0 Å². The van der Waals surface area contributed by atoms with Gasteiger partial charge in [-0.25, -0.2) is 9.67 Å². The van der Waals surface area contributed by atoms with E-state index >= 15 is 0 Å². The Bertz CT molecular complexity index is 242. The molecular weight excluding hydrogens is 182 g/mol. The largest absolute Gasteiger partial charge is 0.360 e. The highest BCUT2D eigenvalue weighted by atomic mass is 28.3. The minimum absolute atomic E-state index is 0.0972. The van der Waals surface area contributed by atoms with Crippen LogP contribution in [0.25, 0.3) is 0 Å². The van der Waals surface area contributed by atoms with Gasteiger partial charge in [0.2, 0.25) is 0 Å². The Balaban J connectivity index is 2.81. The molecular formula is C8H17N3OSi. The van der Waals surface area contributed by atoms with Crippen molar-refractivity contribution in [2.24, 2.45) is 0 Å². The first-order chi connectivity index (χ1) is 6.05. The maximum Gasteiger partial charge on any atom is 0.137 e. The molecule has 1 heterocycles. The van der Waals surface area contributed by atoms with Gasteiger partial charge in [0.15, 0.2) is 0 Å². The lowest BCUT2D eigenvalue weighted by molar-refractivity contribution is 0.0547. The van der Waals surface area contributed by atoms with E-state index in [9.17, 15) is 0 Å². The highest BCUT2D eigenvalue weighted by Crippen LogP contribution is 2.20. The van der Waals surface area contributed by atoms with Crippen LogP contribution in [-0.2, 0) is 4.74 Å². The quantitative estimate of drug-likeness (QED) is 0.693. The molecule has 0 fully saturated rings. The van der Waals surface area contributed by atoms with Gasteiger partial charge in [0.25, 0.3) is 0 Å². The van der Waals surface area contributed by atoms with Crippen LogP contribution in [0.4, 0.5) is 0 Å². The zero-order chi connectivity index (χ0) is 9.90. The van der Waals surface area contributed by atoms with Crippen molar-refractivity contribution in [1.29, 1.82) is 0 Å². The number of rotatable bonds is 4. The van der Waals surface area contributed by atoms with Crippen molar-refractivity contribution < 1.29 is 4.74 Å². The lowest BCUT2D eigenvalue weighted by Gasteiger charge is -2.28. The molecule has 0 radical (unpaired) electrons. The molecule has 1 unspecified atom stereocenters. The van der Waals surface area contributed by atoms with Crippen LogP contribution in [0.1, 0.15) is 12.8 Å². The molecule has 13 heavy (non-hydrogen) atoms. The lowest BCUT2D eigenvalue weighted by Crippen LogP contribution is -2.37. The average molecular weight is 199 g/mol. The molecule has 0 spiro atoms. The molecule has 0 aliphatic rings. The third-order valence-electron chi connectivity index (χ3n) is 1.74. The lowest BCUT2D eigenvalue weighted by atomic mass is 10.9. The molecule has 74 valence electrons. The molecule has 0 aliphatic carbocycles. The van der Waals surface area contributed by atoms with Crippen LogP contribution in [-0.4, -0.2) is 29.4 Å². The van der Waals surface area contributed by atoms with Gasteiger partial charge in [-0.15, -0.1) is 0 Å². The zero-order valence-electron chi connectivity index (χ0n) is 8.69. The summed E-state index contributed by atoms with van der Waals surface area (Å²) >= 11 is 0. The summed E-state index contributed by atoms with van der Waals surface area (Å²) < 4.78 is 7.49. The van der Waals surface area contributed by atoms with E-state index in [4.69, 9.17) is 4.74 Å². The van der Waals surface area contributed by atoms with Gasteiger partial charge >= 0.3 is 0 Å². The van der Waals surface area contributed by atoms with Crippen molar-refractivity contribution in [2.75, 3.05) is 6.61 Å². The first kappa shape index (κ1) is 10.4. The van der Waals surface area contributed by atoms with Crippen LogP contribution in [0.5, 0.6) is 0 Å². The second-order valence-corrected chi connectivity index (χ2v) is 9.28. The fourth-order valence-electron chi connectivity index (χ4n) is 1.22. The Labute approximate surface area is 79.9 Å². The van der Waals surface area contributed by atoms with Crippen molar-refractivity contribution in [3.63, 3.8) is 0 Å². The van der Waals surface area contributed by atoms with Gasteiger partial charge in [-0.1, -0.05) is 19.6 Å². The van der Waals surface area contributed by atoms with Crippen molar-refractivity contribution >= 4 is 8.07 Å². The molecule has 0 N–H and O–H groups in total. The Morgan fingerprint density at radius 2 is 2.15 bits per heavy atom. The van der Waals surface area contributed by atoms with Gasteiger partial charge in [-0.05, 0) is 6.92 Å². The second-order valence-electron chi connectivity index (χ2n) is 4.05. The average Bonchev–Trinajstić information content (AvgIpc) is 2.49. The summed E-state index contributed by atoms with van der Waals surface area (Å²) in [6.45, 7) is 9.50. The van der Waals surface area contributed by atoms with Crippen LogP contribution >= 0.6 is 0 Å². The van der Waals surface area contributed by atoms with Gasteiger partial charge in [-0.3, -0.25) is 0 Å². The van der Waals surface area contributed by atoms with Gasteiger partial charge in [0, 0.05) is 6.61 Å². The highest BCUT2D eigenvalue weighted by Gasteiger charge is 2.29. The normalized spacial score (nSPS) is 14.5. The third kappa shape index (κ3) is 2.63. The molecule has 0 saturated carbocycles. The Hall–Kier alpha value is -0.683. The fraction of sp³-hybridized carbons (Fsp3) is 0.750. The summed E-state index contributed by atoms with van der Waals surface area (Å²) in [6.07, 6.45) is 3.27. The van der Waals surface area contributed by atoms with E-state index in [1.54, 1.807) is 12.7 Å². The summed E-state index contributed by atoms with van der Waals surface area (Å²) in [6, 6.07) is 0. The highest BCUT2D eigenvalue weighted by molar-refractivity contribution is 6.76. The molecule has 1 atom stereocenters. The number of nitrogens with zero attached hydrogens (tertiary/aromatic N) is 3. The van der Waals surface area contributed by atoms with Crippen LogP contribution < -0.4 is 0 Å². The van der Waals surface area contributed by atoms with E-state index < -0.39 is 8.07 Å². The van der Waals surface area contributed by atoms with E-state index in [1.165, 1.54) is 0 Å². The fourth-order valence-corrected chi connectivity index (χ4v) is 2.81. The minimum atomic E-state index is -1.37. The monoisotopic (exact) mass is 199 g/mol. The molecule has 0 saturated heterocycles. The van der Waals surface area contributed by atoms with E-state index in [1.807, 2.05) is 11.6 Å². The molecule has 1 rings (SSSR count). The molecule has 1 aromatic heterocycles. The molecule has 0 aromatic carbocycles. The predicted octanol–water partition coefficient (Wildman–Crippen LogP) is 1.69. The zero-order valence-corrected chi connectivity index (χ0v) is 9.69. The van der Waals surface area contributed by atoms with Gasteiger partial charge in [0.05, 0.1) is 0 Å². The minimum Gasteiger partial charge on any atom is -0.360 e. The summed E-state index contributed by atoms with van der Waals surface area (Å²) in [5.74, 6) is 0.0972. The van der Waals surface area contributed by atoms with Crippen molar-refractivity contribution in [3.8, 4) is 0 Å². The number of hydrogen-bond acceptors (Lipinski definition) is 3. The van der Waals surface area contributed by atoms with Crippen LogP contribution in [0, 0.1) is 0 Å². The van der Waals surface area contributed by atoms with Crippen LogP contribution in [0.2, 0.25) is 19.6 Å². The van der Waals surface area contributed by atoms with Gasteiger partial charge in [-0.2, -0.15) is 5.10 Å². The van der Waals surface area contributed by atoms with Gasteiger partial charge < -0.3 is 4.74 Å². The number of aromatic nitrogens is 3. The first-order valence-corrected chi connectivity index (χ1v) is 8.09. The van der Waals surface area contributed by atoms with E-state index in [-0.39, 0.29) is 5.85 Å². The molecule has 1 aromatic rings. The first-order valence-electron chi connectivity index (χ1n) is 4.51. The number of ether oxygens (including phenoxy) is 1. The molecule has 0 bridgehead atoms. The maximum absolute atomic E-state index is 5.67. The van der Waals surface area contributed by atoms with E-state index in [2.05, 4.69) is 29.7 Å². The van der Waals surface area contributed by atoms with Crippen molar-refractivity contribution in [2.45, 2.75) is 32.4 Å². The van der Waals surface area contributed by atoms with Gasteiger partial charge in [0.1, 0.15) is 26.6 Å². The summed E-state index contributed by atoms with van der Waals surface area (Å²) in [5, 5.41) is 4.12. The third-order valence-corrected chi connectivity index (χ3v) is 3.66. The summed E-state index contributed by atoms with van der Waals surface area (Å²) in [4.78, 5) is 3.93.